The molecule has 1 N–H and O–H groups in total. The molecular weight excluding hydrogens is 296 g/mol. The van der Waals surface area contributed by atoms with E-state index in [0.717, 1.165) is 31.2 Å². The monoisotopic (exact) mass is 324 g/mol. The molecule has 1 aliphatic rings. The quantitative estimate of drug-likeness (QED) is 0.871. The molecule has 0 aliphatic carbocycles. The van der Waals surface area contributed by atoms with Gasteiger partial charge in [-0.05, 0) is 38.5 Å². The molecule has 0 spiro atoms. The average Bonchev–Trinajstić information content (AvgIpc) is 2.52. The zero-order chi connectivity index (χ0) is 16.1. The van der Waals surface area contributed by atoms with Gasteiger partial charge in [-0.3, -0.25) is 9.11 Å². The van der Waals surface area contributed by atoms with Crippen LogP contribution in [-0.2, 0) is 15.5 Å². The predicted molar refractivity (Wildman–Crippen MR) is 91.6 cm³/mol. The van der Waals surface area contributed by atoms with Gasteiger partial charge in [0.25, 0.3) is 0 Å². The average molecular weight is 324 g/mol. The molecule has 0 aromatic heterocycles. The topological polar surface area (TPSA) is 41.6 Å². The number of ether oxygens (including phenoxy) is 1. The van der Waals surface area contributed by atoms with Gasteiger partial charge in [0, 0.05) is 53.2 Å². The van der Waals surface area contributed by atoms with E-state index in [1.807, 2.05) is 12.1 Å². The highest BCUT2D eigenvalue weighted by Crippen LogP contribution is 2.16. The second kappa shape index (κ2) is 8.20. The van der Waals surface area contributed by atoms with Crippen molar-refractivity contribution in [3.8, 4) is 0 Å². The second-order valence-electron chi connectivity index (χ2n) is 6.16. The van der Waals surface area contributed by atoms with Crippen LogP contribution in [-0.4, -0.2) is 53.8 Å². The molecule has 1 aromatic rings. The van der Waals surface area contributed by atoms with Crippen molar-refractivity contribution < 1.29 is 8.95 Å². The number of morpholine rings is 1. The largest absolute Gasteiger partial charge is 0.379 e. The van der Waals surface area contributed by atoms with Gasteiger partial charge in [0.1, 0.15) is 0 Å². The summed E-state index contributed by atoms with van der Waals surface area (Å²) in [4.78, 5) is 3.39. The molecule has 0 bridgehead atoms. The van der Waals surface area contributed by atoms with Crippen LogP contribution in [0.25, 0.3) is 0 Å². The van der Waals surface area contributed by atoms with E-state index in [1.54, 1.807) is 6.26 Å². The molecule has 22 heavy (non-hydrogen) atoms. The number of rotatable bonds is 6. The lowest BCUT2D eigenvalue weighted by Crippen LogP contribution is -2.51. The minimum atomic E-state index is -0.908. The standard InChI is InChI=1S/C17H28N2O2S/c1-13(19-9-10-21-12-14(19)2)11-18-15(3)16-5-7-17(8-6-16)22(4)20/h5-8,13-15,18H,9-12H2,1-4H3/t13-,14+,15-,22-/m0/s1. The summed E-state index contributed by atoms with van der Waals surface area (Å²) in [7, 11) is -0.908. The Kier molecular flexibility index (Phi) is 6.56. The van der Waals surface area contributed by atoms with Crippen molar-refractivity contribution in [2.45, 2.75) is 43.8 Å². The Morgan fingerprint density at radius 2 is 2.05 bits per heavy atom. The fourth-order valence-corrected chi connectivity index (χ4v) is 3.44. The number of nitrogens with zero attached hydrogens (tertiary/aromatic N) is 1. The Morgan fingerprint density at radius 3 is 2.64 bits per heavy atom. The molecule has 2 rings (SSSR count). The van der Waals surface area contributed by atoms with Crippen molar-refractivity contribution in [2.24, 2.45) is 0 Å². The molecular formula is C17H28N2O2S. The van der Waals surface area contributed by atoms with E-state index in [4.69, 9.17) is 4.74 Å². The molecule has 4 atom stereocenters. The third-order valence-electron chi connectivity index (χ3n) is 4.42. The van der Waals surface area contributed by atoms with Crippen LogP contribution in [0, 0.1) is 0 Å². The van der Waals surface area contributed by atoms with Gasteiger partial charge in [-0.15, -0.1) is 0 Å². The number of benzene rings is 1. The van der Waals surface area contributed by atoms with Gasteiger partial charge in [0.15, 0.2) is 0 Å². The van der Waals surface area contributed by atoms with E-state index in [1.165, 1.54) is 5.56 Å². The Labute approximate surface area is 136 Å². The lowest BCUT2D eigenvalue weighted by atomic mass is 10.1. The van der Waals surface area contributed by atoms with Gasteiger partial charge in [0.05, 0.1) is 13.2 Å². The Balaban J connectivity index is 1.86. The summed E-state index contributed by atoms with van der Waals surface area (Å²) in [6, 6.07) is 9.31. The first-order valence-corrected chi connectivity index (χ1v) is 9.55. The van der Waals surface area contributed by atoms with Crippen LogP contribution in [0.5, 0.6) is 0 Å². The fraction of sp³-hybridized carbons (Fsp3) is 0.647. The molecule has 1 saturated heterocycles. The van der Waals surface area contributed by atoms with Crippen LogP contribution >= 0.6 is 0 Å². The maximum atomic E-state index is 11.4. The minimum Gasteiger partial charge on any atom is -0.379 e. The van der Waals surface area contributed by atoms with Crippen LogP contribution in [0.4, 0.5) is 0 Å². The summed E-state index contributed by atoms with van der Waals surface area (Å²) >= 11 is 0. The fourth-order valence-electron chi connectivity index (χ4n) is 2.93. The number of hydrogen-bond acceptors (Lipinski definition) is 4. The van der Waals surface area contributed by atoms with Gasteiger partial charge in [0.2, 0.25) is 0 Å². The van der Waals surface area contributed by atoms with Gasteiger partial charge in [-0.25, -0.2) is 0 Å². The molecule has 0 saturated carbocycles. The molecule has 0 radical (unpaired) electrons. The van der Waals surface area contributed by atoms with Crippen LogP contribution in [0.3, 0.4) is 0 Å². The molecule has 4 nitrogen and oxygen atoms in total. The van der Waals surface area contributed by atoms with Crippen LogP contribution in [0.1, 0.15) is 32.4 Å². The Hall–Kier alpha value is -0.750. The third-order valence-corrected chi connectivity index (χ3v) is 5.35. The van der Waals surface area contributed by atoms with Crippen molar-refractivity contribution in [1.29, 1.82) is 0 Å². The van der Waals surface area contributed by atoms with Crippen molar-refractivity contribution >= 4 is 10.8 Å². The molecule has 1 fully saturated rings. The second-order valence-corrected chi connectivity index (χ2v) is 7.54. The molecule has 5 heteroatoms. The number of nitrogens with one attached hydrogen (secondary N) is 1. The van der Waals surface area contributed by atoms with Gasteiger partial charge in [-0.2, -0.15) is 0 Å². The first-order valence-electron chi connectivity index (χ1n) is 7.99. The Morgan fingerprint density at radius 1 is 1.36 bits per heavy atom. The zero-order valence-corrected chi connectivity index (χ0v) is 14.9. The van der Waals surface area contributed by atoms with Crippen LogP contribution in [0.2, 0.25) is 0 Å². The van der Waals surface area contributed by atoms with E-state index < -0.39 is 10.8 Å². The molecule has 0 amide bonds. The van der Waals surface area contributed by atoms with Crippen molar-refractivity contribution in [1.82, 2.24) is 10.2 Å². The predicted octanol–water partition coefficient (Wildman–Crippen LogP) is 2.18. The highest BCUT2D eigenvalue weighted by molar-refractivity contribution is 7.84. The van der Waals surface area contributed by atoms with Crippen molar-refractivity contribution in [3.63, 3.8) is 0 Å². The van der Waals surface area contributed by atoms with E-state index >= 15 is 0 Å². The summed E-state index contributed by atoms with van der Waals surface area (Å²) in [5.41, 5.74) is 1.23. The summed E-state index contributed by atoms with van der Waals surface area (Å²) < 4.78 is 16.9. The number of hydrogen-bond donors (Lipinski definition) is 1. The van der Waals surface area contributed by atoms with Crippen molar-refractivity contribution in [3.05, 3.63) is 29.8 Å². The van der Waals surface area contributed by atoms with E-state index in [-0.39, 0.29) is 6.04 Å². The molecule has 1 aromatic carbocycles. The SMILES string of the molecule is C[C@H](NC[C@H](C)N1CCOC[C@H]1C)c1ccc([S@](C)=O)cc1. The van der Waals surface area contributed by atoms with E-state index in [2.05, 4.69) is 43.1 Å². The van der Waals surface area contributed by atoms with E-state index in [0.29, 0.717) is 12.1 Å². The molecule has 124 valence electrons. The highest BCUT2D eigenvalue weighted by atomic mass is 32.2. The zero-order valence-electron chi connectivity index (χ0n) is 14.0. The third kappa shape index (κ3) is 4.62. The maximum Gasteiger partial charge on any atom is 0.0619 e. The lowest BCUT2D eigenvalue weighted by molar-refractivity contribution is -0.0184. The van der Waals surface area contributed by atoms with Gasteiger partial charge >= 0.3 is 0 Å². The summed E-state index contributed by atoms with van der Waals surface area (Å²) in [6.07, 6.45) is 1.71. The van der Waals surface area contributed by atoms with Crippen molar-refractivity contribution in [2.75, 3.05) is 32.6 Å². The van der Waals surface area contributed by atoms with E-state index in [9.17, 15) is 4.21 Å². The first kappa shape index (κ1) is 17.6. The smallest absolute Gasteiger partial charge is 0.0619 e. The Bertz CT molecular complexity index is 492. The minimum absolute atomic E-state index is 0.290. The molecule has 1 heterocycles. The van der Waals surface area contributed by atoms with Crippen LogP contribution < -0.4 is 5.32 Å². The summed E-state index contributed by atoms with van der Waals surface area (Å²) in [6.45, 7) is 10.3. The highest BCUT2D eigenvalue weighted by Gasteiger charge is 2.23. The lowest BCUT2D eigenvalue weighted by Gasteiger charge is -2.38. The maximum absolute atomic E-state index is 11.4. The van der Waals surface area contributed by atoms with Gasteiger partial charge < -0.3 is 10.1 Å². The normalized spacial score (nSPS) is 23.9. The summed E-state index contributed by atoms with van der Waals surface area (Å²) in [5, 5.41) is 3.61. The summed E-state index contributed by atoms with van der Waals surface area (Å²) in [5.74, 6) is 0. The van der Waals surface area contributed by atoms with Gasteiger partial charge in [-0.1, -0.05) is 12.1 Å². The van der Waals surface area contributed by atoms with Crippen LogP contribution in [0.15, 0.2) is 29.2 Å². The first-order chi connectivity index (χ1) is 10.5. The molecule has 1 aliphatic heterocycles. The molecule has 0 unspecified atom stereocenters.